The lowest BCUT2D eigenvalue weighted by atomic mass is 9.82. The van der Waals surface area contributed by atoms with E-state index in [2.05, 4.69) is 26.1 Å². The number of rotatable bonds is 1. The molecule has 1 atom stereocenters. The highest BCUT2D eigenvalue weighted by Crippen LogP contribution is 2.33. The summed E-state index contributed by atoms with van der Waals surface area (Å²) in [5.74, 6) is 0. The van der Waals surface area contributed by atoms with Crippen LogP contribution in [-0.2, 0) is 0 Å². The van der Waals surface area contributed by atoms with Gasteiger partial charge in [0, 0.05) is 6.54 Å². The van der Waals surface area contributed by atoms with Gasteiger partial charge in [-0.25, -0.2) is 4.39 Å². The summed E-state index contributed by atoms with van der Waals surface area (Å²) in [7, 11) is 0. The highest BCUT2D eigenvalue weighted by Gasteiger charge is 2.37. The molecule has 2 heteroatoms. The molecule has 1 aliphatic rings. The van der Waals surface area contributed by atoms with Crippen molar-refractivity contribution in [1.82, 2.24) is 5.32 Å². The van der Waals surface area contributed by atoms with E-state index in [1.165, 1.54) is 0 Å². The fraction of sp³-hybridized carbons (Fsp3) is 1.00. The van der Waals surface area contributed by atoms with Crippen molar-refractivity contribution in [3.05, 3.63) is 0 Å². The average Bonchev–Trinajstić information content (AvgIpc) is 2.09. The summed E-state index contributed by atoms with van der Waals surface area (Å²) < 4.78 is 13.7. The molecule has 0 aliphatic carbocycles. The molecule has 1 unspecified atom stereocenters. The Morgan fingerprint density at radius 3 is 2.45 bits per heavy atom. The Morgan fingerprint density at radius 2 is 2.09 bits per heavy atom. The second-order valence-corrected chi connectivity index (χ2v) is 4.82. The molecule has 1 rings (SSSR count). The van der Waals surface area contributed by atoms with E-state index in [4.69, 9.17) is 0 Å². The number of alkyl halides is 1. The van der Waals surface area contributed by atoms with Crippen LogP contribution in [0.5, 0.6) is 0 Å². The molecule has 0 saturated carbocycles. The summed E-state index contributed by atoms with van der Waals surface area (Å²) in [4.78, 5) is 0. The Morgan fingerprint density at radius 1 is 1.45 bits per heavy atom. The third kappa shape index (κ3) is 2.78. The van der Waals surface area contributed by atoms with Crippen molar-refractivity contribution in [2.24, 2.45) is 5.41 Å². The maximum absolute atomic E-state index is 13.7. The van der Waals surface area contributed by atoms with Crippen molar-refractivity contribution >= 4 is 0 Å². The molecular formula is C9H18FN. The predicted octanol–water partition coefficient (Wildman–Crippen LogP) is 2.12. The molecule has 1 N–H and O–H groups in total. The van der Waals surface area contributed by atoms with Crippen molar-refractivity contribution in [3.8, 4) is 0 Å². The zero-order chi connectivity index (χ0) is 8.54. The third-order valence-corrected chi connectivity index (χ3v) is 2.04. The van der Waals surface area contributed by atoms with Crippen molar-refractivity contribution in [2.45, 2.75) is 39.3 Å². The second kappa shape index (κ2) is 2.74. The summed E-state index contributed by atoms with van der Waals surface area (Å²) in [6, 6.07) is 0. The van der Waals surface area contributed by atoms with Crippen molar-refractivity contribution < 1.29 is 4.39 Å². The molecule has 1 fully saturated rings. The van der Waals surface area contributed by atoms with Gasteiger partial charge in [0.05, 0.1) is 0 Å². The number of hydrogen-bond donors (Lipinski definition) is 1. The van der Waals surface area contributed by atoms with E-state index in [0.717, 1.165) is 6.54 Å². The van der Waals surface area contributed by atoms with E-state index in [1.54, 1.807) is 0 Å². The fourth-order valence-corrected chi connectivity index (χ4v) is 1.81. The van der Waals surface area contributed by atoms with Gasteiger partial charge in [0.15, 0.2) is 0 Å². The van der Waals surface area contributed by atoms with Gasteiger partial charge in [-0.1, -0.05) is 20.8 Å². The first kappa shape index (κ1) is 8.98. The van der Waals surface area contributed by atoms with Crippen LogP contribution in [-0.4, -0.2) is 18.8 Å². The molecule has 0 spiro atoms. The summed E-state index contributed by atoms with van der Waals surface area (Å²) in [5, 5.41) is 3.06. The zero-order valence-corrected chi connectivity index (χ0v) is 7.71. The molecular weight excluding hydrogens is 141 g/mol. The van der Waals surface area contributed by atoms with Gasteiger partial charge in [-0.05, 0) is 24.8 Å². The van der Waals surface area contributed by atoms with Gasteiger partial charge in [-0.2, -0.15) is 0 Å². The average molecular weight is 159 g/mol. The van der Waals surface area contributed by atoms with Crippen LogP contribution in [0.1, 0.15) is 33.6 Å². The lowest BCUT2D eigenvalue weighted by molar-refractivity contribution is 0.120. The second-order valence-electron chi connectivity index (χ2n) is 4.82. The van der Waals surface area contributed by atoms with E-state index in [1.807, 2.05) is 0 Å². The molecule has 0 bridgehead atoms. The molecule has 0 radical (unpaired) electrons. The molecule has 0 amide bonds. The maximum atomic E-state index is 13.7. The smallest absolute Gasteiger partial charge is 0.125 e. The van der Waals surface area contributed by atoms with E-state index >= 15 is 0 Å². The third-order valence-electron chi connectivity index (χ3n) is 2.04. The minimum Gasteiger partial charge on any atom is -0.313 e. The zero-order valence-electron chi connectivity index (χ0n) is 7.71. The summed E-state index contributed by atoms with van der Waals surface area (Å²) >= 11 is 0. The Labute approximate surface area is 68.4 Å². The fourth-order valence-electron chi connectivity index (χ4n) is 1.81. The first-order valence-corrected chi connectivity index (χ1v) is 4.31. The van der Waals surface area contributed by atoms with Crippen molar-refractivity contribution in [1.29, 1.82) is 0 Å². The molecule has 66 valence electrons. The van der Waals surface area contributed by atoms with Crippen molar-refractivity contribution in [2.75, 3.05) is 13.1 Å². The first-order chi connectivity index (χ1) is 4.91. The highest BCUT2D eigenvalue weighted by atomic mass is 19.1. The molecule has 1 nitrogen and oxygen atoms in total. The van der Waals surface area contributed by atoms with Gasteiger partial charge >= 0.3 is 0 Å². The normalized spacial score (nSPS) is 32.7. The van der Waals surface area contributed by atoms with E-state index in [9.17, 15) is 4.39 Å². The topological polar surface area (TPSA) is 12.0 Å². The van der Waals surface area contributed by atoms with Crippen LogP contribution in [0.2, 0.25) is 0 Å². The predicted molar refractivity (Wildman–Crippen MR) is 45.4 cm³/mol. The molecule has 1 saturated heterocycles. The monoisotopic (exact) mass is 159 g/mol. The Balaban J connectivity index is 2.46. The number of hydrogen-bond acceptors (Lipinski definition) is 1. The van der Waals surface area contributed by atoms with Gasteiger partial charge in [0.25, 0.3) is 0 Å². The Kier molecular flexibility index (Phi) is 2.24. The van der Waals surface area contributed by atoms with Crippen LogP contribution in [0.25, 0.3) is 0 Å². The van der Waals surface area contributed by atoms with Gasteiger partial charge in [0.1, 0.15) is 5.67 Å². The molecule has 0 aromatic rings. The lowest BCUT2D eigenvalue weighted by Crippen LogP contribution is -2.31. The van der Waals surface area contributed by atoms with E-state index < -0.39 is 5.67 Å². The van der Waals surface area contributed by atoms with Crippen molar-refractivity contribution in [3.63, 3.8) is 0 Å². The van der Waals surface area contributed by atoms with E-state index in [0.29, 0.717) is 19.4 Å². The van der Waals surface area contributed by atoms with Crippen LogP contribution in [0.3, 0.4) is 0 Å². The summed E-state index contributed by atoms with van der Waals surface area (Å²) in [6.07, 6.45) is 1.36. The molecule has 1 heterocycles. The van der Waals surface area contributed by atoms with Gasteiger partial charge in [0.2, 0.25) is 0 Å². The lowest BCUT2D eigenvalue weighted by Gasteiger charge is -2.27. The van der Waals surface area contributed by atoms with Crippen LogP contribution in [0, 0.1) is 5.41 Å². The van der Waals surface area contributed by atoms with Crippen LogP contribution in [0.15, 0.2) is 0 Å². The summed E-state index contributed by atoms with van der Waals surface area (Å²) in [5.41, 5.74) is -0.820. The minimum atomic E-state index is -0.932. The van der Waals surface area contributed by atoms with E-state index in [-0.39, 0.29) is 5.41 Å². The quantitative estimate of drug-likeness (QED) is 0.618. The molecule has 0 aromatic carbocycles. The Bertz CT molecular complexity index is 131. The van der Waals surface area contributed by atoms with Gasteiger partial charge in [-0.3, -0.25) is 0 Å². The Hall–Kier alpha value is -0.110. The minimum absolute atomic E-state index is 0.112. The molecule has 11 heavy (non-hydrogen) atoms. The van der Waals surface area contributed by atoms with Gasteiger partial charge < -0.3 is 5.32 Å². The van der Waals surface area contributed by atoms with Crippen LogP contribution >= 0.6 is 0 Å². The SMILES string of the molecule is CC(C)(C)CC1(F)CCNC1. The molecule has 1 aliphatic heterocycles. The van der Waals surface area contributed by atoms with Crippen LogP contribution < -0.4 is 5.32 Å². The first-order valence-electron chi connectivity index (χ1n) is 4.31. The number of halogens is 1. The standard InChI is InChI=1S/C9H18FN/c1-8(2,3)6-9(10)4-5-11-7-9/h11H,4-7H2,1-3H3. The number of nitrogens with one attached hydrogen (secondary N) is 1. The summed E-state index contributed by atoms with van der Waals surface area (Å²) in [6.45, 7) is 7.66. The van der Waals surface area contributed by atoms with Gasteiger partial charge in [-0.15, -0.1) is 0 Å². The molecule has 0 aromatic heterocycles. The largest absolute Gasteiger partial charge is 0.313 e. The maximum Gasteiger partial charge on any atom is 0.125 e. The van der Waals surface area contributed by atoms with Crippen LogP contribution in [0.4, 0.5) is 4.39 Å². The highest BCUT2D eigenvalue weighted by molar-refractivity contribution is 4.91.